The first-order valence-electron chi connectivity index (χ1n) is 11.7. The number of carbonyl (C=O) groups excluding carboxylic acids is 1. The fourth-order valence-electron chi connectivity index (χ4n) is 4.10. The van der Waals surface area contributed by atoms with Crippen LogP contribution in [0.4, 0.5) is 5.82 Å². The Kier molecular flexibility index (Phi) is 5.95. The van der Waals surface area contributed by atoms with Crippen LogP contribution >= 0.6 is 0 Å². The smallest absolute Gasteiger partial charge is 0.316 e. The second-order valence-corrected chi connectivity index (χ2v) is 8.39. The van der Waals surface area contributed by atoms with Gasteiger partial charge in [-0.05, 0) is 35.4 Å². The Morgan fingerprint density at radius 1 is 0.842 bits per heavy atom. The van der Waals surface area contributed by atoms with Crippen LogP contribution in [0.5, 0.6) is 0 Å². The number of amides is 1. The average Bonchev–Trinajstić information content (AvgIpc) is 3.48. The van der Waals surface area contributed by atoms with Crippen molar-refractivity contribution in [2.24, 2.45) is 5.73 Å². The normalized spacial score (nSPS) is 10.9. The van der Waals surface area contributed by atoms with Crippen LogP contribution in [0.1, 0.15) is 16.4 Å². The molecule has 0 saturated heterocycles. The van der Waals surface area contributed by atoms with Crippen molar-refractivity contribution in [3.8, 4) is 33.9 Å². The number of carbonyl (C=O) groups is 1. The molecule has 3 N–H and O–H groups in total. The van der Waals surface area contributed by atoms with E-state index < -0.39 is 5.91 Å². The van der Waals surface area contributed by atoms with Crippen molar-refractivity contribution in [1.29, 1.82) is 0 Å². The summed E-state index contributed by atoms with van der Waals surface area (Å²) in [5, 5.41) is 8.19. The highest BCUT2D eigenvalue weighted by molar-refractivity contribution is 6.02. The zero-order valence-electron chi connectivity index (χ0n) is 19.9. The molecular formula is C28H20N8O2. The lowest BCUT2D eigenvalue weighted by atomic mass is 10.0. The SMILES string of the molecule is NC(=O)c1nc(-c2cncc(-c3nc(NCc4ccccn4)c4c(-c5ccccc5)cccc4n3)c2)no1. The van der Waals surface area contributed by atoms with Gasteiger partial charge in [-0.3, -0.25) is 14.8 Å². The van der Waals surface area contributed by atoms with Crippen molar-refractivity contribution in [3.63, 3.8) is 0 Å². The molecule has 0 aliphatic rings. The Balaban J connectivity index is 1.47. The van der Waals surface area contributed by atoms with Crippen molar-refractivity contribution >= 4 is 22.6 Å². The minimum absolute atomic E-state index is 0.189. The van der Waals surface area contributed by atoms with E-state index in [1.54, 1.807) is 24.7 Å². The van der Waals surface area contributed by atoms with E-state index in [4.69, 9.17) is 20.2 Å². The zero-order valence-corrected chi connectivity index (χ0v) is 19.9. The third-order valence-corrected chi connectivity index (χ3v) is 5.86. The van der Waals surface area contributed by atoms with Gasteiger partial charge in [-0.15, -0.1) is 0 Å². The number of pyridine rings is 2. The van der Waals surface area contributed by atoms with E-state index in [1.807, 2.05) is 48.5 Å². The summed E-state index contributed by atoms with van der Waals surface area (Å²) in [6.45, 7) is 0.479. The quantitative estimate of drug-likeness (QED) is 0.323. The Morgan fingerprint density at radius 2 is 1.66 bits per heavy atom. The monoisotopic (exact) mass is 500 g/mol. The summed E-state index contributed by atoms with van der Waals surface area (Å²) in [5.41, 5.74) is 10.1. The van der Waals surface area contributed by atoms with E-state index in [0.29, 0.717) is 29.3 Å². The van der Waals surface area contributed by atoms with E-state index in [1.165, 1.54) is 0 Å². The van der Waals surface area contributed by atoms with Crippen molar-refractivity contribution in [1.82, 2.24) is 30.1 Å². The molecular weight excluding hydrogens is 480 g/mol. The van der Waals surface area contributed by atoms with Gasteiger partial charge in [0.15, 0.2) is 5.82 Å². The highest BCUT2D eigenvalue weighted by Crippen LogP contribution is 2.34. The molecule has 184 valence electrons. The zero-order chi connectivity index (χ0) is 25.9. The molecule has 4 aromatic heterocycles. The molecule has 10 nitrogen and oxygen atoms in total. The molecule has 10 heteroatoms. The van der Waals surface area contributed by atoms with Gasteiger partial charge in [0.1, 0.15) is 5.82 Å². The number of benzene rings is 2. The Hall–Kier alpha value is -5.51. The number of fused-ring (bicyclic) bond motifs is 1. The number of rotatable bonds is 7. The van der Waals surface area contributed by atoms with E-state index in [9.17, 15) is 4.79 Å². The average molecular weight is 501 g/mol. The number of aromatic nitrogens is 6. The van der Waals surface area contributed by atoms with Crippen LogP contribution in [-0.4, -0.2) is 36.0 Å². The van der Waals surface area contributed by atoms with Crippen LogP contribution < -0.4 is 11.1 Å². The first kappa shape index (κ1) is 22.9. The number of anilines is 1. The number of hydrogen-bond donors (Lipinski definition) is 2. The third-order valence-electron chi connectivity index (χ3n) is 5.86. The lowest BCUT2D eigenvalue weighted by Gasteiger charge is -2.14. The standard InChI is InChI=1S/C28H20N8O2/c29-24(37)28-35-26(36-38-28)19-13-18(14-30-15-19)25-33-22-11-6-10-21(17-7-2-1-3-8-17)23(22)27(34-25)32-16-20-9-4-5-12-31-20/h1-15H,16H2,(H2,29,37)(H,32,33,34). The highest BCUT2D eigenvalue weighted by atomic mass is 16.5. The molecule has 2 aromatic carbocycles. The van der Waals surface area contributed by atoms with Gasteiger partial charge in [0.25, 0.3) is 0 Å². The second kappa shape index (κ2) is 9.86. The molecule has 4 heterocycles. The summed E-state index contributed by atoms with van der Waals surface area (Å²) >= 11 is 0. The van der Waals surface area contributed by atoms with Crippen LogP contribution in [0, 0.1) is 0 Å². The third kappa shape index (κ3) is 4.53. The number of nitrogens with one attached hydrogen (secondary N) is 1. The summed E-state index contributed by atoms with van der Waals surface area (Å²) in [5.74, 6) is 0.231. The van der Waals surface area contributed by atoms with Crippen molar-refractivity contribution in [3.05, 3.63) is 103 Å². The molecule has 0 radical (unpaired) electrons. The predicted molar refractivity (Wildman–Crippen MR) is 142 cm³/mol. The molecule has 0 bridgehead atoms. The second-order valence-electron chi connectivity index (χ2n) is 8.39. The number of hydrogen-bond acceptors (Lipinski definition) is 9. The van der Waals surface area contributed by atoms with Crippen molar-refractivity contribution in [2.45, 2.75) is 6.54 Å². The largest absolute Gasteiger partial charge is 0.364 e. The topological polar surface area (TPSA) is 146 Å². The molecule has 0 saturated carbocycles. The van der Waals surface area contributed by atoms with Crippen molar-refractivity contribution in [2.75, 3.05) is 5.32 Å². The van der Waals surface area contributed by atoms with E-state index >= 15 is 0 Å². The molecule has 0 fully saturated rings. The van der Waals surface area contributed by atoms with Gasteiger partial charge < -0.3 is 15.6 Å². The molecule has 0 spiro atoms. The number of nitrogens with zero attached hydrogens (tertiary/aromatic N) is 6. The summed E-state index contributed by atoms with van der Waals surface area (Å²) in [6, 6.07) is 23.7. The lowest BCUT2D eigenvalue weighted by Crippen LogP contribution is -2.11. The molecule has 38 heavy (non-hydrogen) atoms. The van der Waals surface area contributed by atoms with Crippen LogP contribution in [0.2, 0.25) is 0 Å². The molecule has 0 atom stereocenters. The summed E-state index contributed by atoms with van der Waals surface area (Å²) in [4.78, 5) is 33.9. The molecule has 0 unspecified atom stereocenters. The van der Waals surface area contributed by atoms with E-state index in [2.05, 4.69) is 43.6 Å². The molecule has 0 aliphatic carbocycles. The van der Waals surface area contributed by atoms with Crippen LogP contribution in [-0.2, 0) is 6.54 Å². The summed E-state index contributed by atoms with van der Waals surface area (Å²) in [6.07, 6.45) is 4.98. The van der Waals surface area contributed by atoms with Gasteiger partial charge in [0, 0.05) is 29.7 Å². The molecule has 6 rings (SSSR count). The van der Waals surface area contributed by atoms with Gasteiger partial charge in [-0.25, -0.2) is 9.97 Å². The highest BCUT2D eigenvalue weighted by Gasteiger charge is 2.17. The van der Waals surface area contributed by atoms with Crippen LogP contribution in [0.25, 0.3) is 44.8 Å². The minimum Gasteiger partial charge on any atom is -0.364 e. The molecule has 6 aromatic rings. The van der Waals surface area contributed by atoms with Gasteiger partial charge in [0.05, 0.1) is 23.1 Å². The summed E-state index contributed by atoms with van der Waals surface area (Å²) < 4.78 is 4.92. The van der Waals surface area contributed by atoms with E-state index in [0.717, 1.165) is 27.7 Å². The fourth-order valence-corrected chi connectivity index (χ4v) is 4.10. The van der Waals surface area contributed by atoms with Gasteiger partial charge >= 0.3 is 11.8 Å². The summed E-state index contributed by atoms with van der Waals surface area (Å²) in [7, 11) is 0. The van der Waals surface area contributed by atoms with Gasteiger partial charge in [-0.1, -0.05) is 53.7 Å². The lowest BCUT2D eigenvalue weighted by molar-refractivity contribution is 0.0958. The van der Waals surface area contributed by atoms with E-state index in [-0.39, 0.29) is 11.7 Å². The van der Waals surface area contributed by atoms with Crippen LogP contribution in [0.15, 0.2) is 95.9 Å². The molecule has 0 aliphatic heterocycles. The molecule has 1 amide bonds. The maximum atomic E-state index is 11.4. The first-order valence-corrected chi connectivity index (χ1v) is 11.7. The first-order chi connectivity index (χ1) is 18.7. The Labute approximate surface area is 216 Å². The van der Waals surface area contributed by atoms with Crippen LogP contribution in [0.3, 0.4) is 0 Å². The predicted octanol–water partition coefficient (Wildman–Crippen LogP) is 4.51. The fraction of sp³-hybridized carbons (Fsp3) is 0.0357. The Bertz CT molecular complexity index is 1750. The van der Waals surface area contributed by atoms with Crippen molar-refractivity contribution < 1.29 is 9.32 Å². The number of primary amides is 1. The van der Waals surface area contributed by atoms with Gasteiger partial charge in [0.2, 0.25) is 5.82 Å². The van der Waals surface area contributed by atoms with Gasteiger partial charge in [-0.2, -0.15) is 4.98 Å². The number of nitrogens with two attached hydrogens (primary N) is 1. The maximum absolute atomic E-state index is 11.4. The minimum atomic E-state index is -0.802. The Morgan fingerprint density at radius 3 is 2.42 bits per heavy atom. The maximum Gasteiger partial charge on any atom is 0.316 e.